The zero-order valence-electron chi connectivity index (χ0n) is 16.6. The molecule has 3 N–H and O–H groups in total. The molecule has 3 amide bonds. The number of nitriles is 1. The number of aliphatic imine (C=N–C) groups is 1. The fourth-order valence-corrected chi connectivity index (χ4v) is 3.23. The molecule has 31 heavy (non-hydrogen) atoms. The van der Waals surface area contributed by atoms with Gasteiger partial charge in [-0.05, 0) is 41.5 Å². The van der Waals surface area contributed by atoms with Crippen molar-refractivity contribution in [3.63, 3.8) is 0 Å². The summed E-state index contributed by atoms with van der Waals surface area (Å²) in [6, 6.07) is 23.5. The summed E-state index contributed by atoms with van der Waals surface area (Å²) < 4.78 is 0. The van der Waals surface area contributed by atoms with E-state index in [1.54, 1.807) is 36.4 Å². The molecule has 0 saturated heterocycles. The molecule has 0 radical (unpaired) electrons. The van der Waals surface area contributed by atoms with Gasteiger partial charge in [0.1, 0.15) is 0 Å². The zero-order chi connectivity index (χ0) is 21.6. The van der Waals surface area contributed by atoms with E-state index in [1.165, 1.54) is 0 Å². The summed E-state index contributed by atoms with van der Waals surface area (Å²) >= 11 is 0. The Morgan fingerprint density at radius 2 is 1.90 bits per heavy atom. The number of anilines is 2. The molecular formula is C24H19N5O2. The Morgan fingerprint density at radius 1 is 1.06 bits per heavy atom. The predicted octanol–water partition coefficient (Wildman–Crippen LogP) is 4.34. The molecule has 1 heterocycles. The molecule has 4 rings (SSSR count). The number of fused-ring (bicyclic) bond motifs is 1. The lowest BCUT2D eigenvalue weighted by molar-refractivity contribution is -0.115. The molecule has 0 bridgehead atoms. The van der Waals surface area contributed by atoms with E-state index in [9.17, 15) is 9.59 Å². The van der Waals surface area contributed by atoms with E-state index in [-0.39, 0.29) is 18.4 Å². The second-order valence-corrected chi connectivity index (χ2v) is 7.00. The van der Waals surface area contributed by atoms with Gasteiger partial charge in [-0.2, -0.15) is 5.26 Å². The van der Waals surface area contributed by atoms with E-state index in [0.29, 0.717) is 34.9 Å². The van der Waals surface area contributed by atoms with Gasteiger partial charge in [0.15, 0.2) is 0 Å². The first-order chi connectivity index (χ1) is 15.1. The van der Waals surface area contributed by atoms with Crippen LogP contribution in [0.25, 0.3) is 0 Å². The van der Waals surface area contributed by atoms with E-state index in [0.717, 1.165) is 11.1 Å². The number of amides is 3. The standard InChI is InChI=1S/C24H19N5O2/c25-14-17-7-4-8-18(11-17)21-13-23(30)29-22-12-19(9-10-20(22)28-21)27-24(31)26-15-16-5-2-1-3-6-16/h1-12H,13,15H2,(H,29,30)(H2,26,27,31). The molecular weight excluding hydrogens is 390 g/mol. The SMILES string of the molecule is N#Cc1cccc(C2=Nc3ccc(NC(=O)NCc4ccccc4)cc3NC(=O)C2)c1. The van der Waals surface area contributed by atoms with Crippen LogP contribution in [-0.2, 0) is 11.3 Å². The first kappa shape index (κ1) is 19.9. The van der Waals surface area contributed by atoms with Gasteiger partial charge in [-0.25, -0.2) is 4.79 Å². The van der Waals surface area contributed by atoms with E-state index in [1.807, 2.05) is 36.4 Å². The second kappa shape index (κ2) is 8.93. The number of carbonyl (C=O) groups is 2. The Hall–Kier alpha value is -4.44. The lowest BCUT2D eigenvalue weighted by Crippen LogP contribution is -2.28. The smallest absolute Gasteiger partial charge is 0.319 e. The number of carbonyl (C=O) groups excluding carboxylic acids is 2. The maximum Gasteiger partial charge on any atom is 0.319 e. The van der Waals surface area contributed by atoms with Crippen LogP contribution in [0.3, 0.4) is 0 Å². The molecule has 0 aromatic heterocycles. The third-order valence-electron chi connectivity index (χ3n) is 4.73. The summed E-state index contributed by atoms with van der Waals surface area (Å²) in [5, 5.41) is 17.5. The average molecular weight is 409 g/mol. The van der Waals surface area contributed by atoms with Crippen LogP contribution >= 0.6 is 0 Å². The van der Waals surface area contributed by atoms with Crippen molar-refractivity contribution in [1.29, 1.82) is 5.26 Å². The van der Waals surface area contributed by atoms with Crippen LogP contribution in [0.2, 0.25) is 0 Å². The molecule has 0 atom stereocenters. The van der Waals surface area contributed by atoms with Crippen LogP contribution in [0.1, 0.15) is 23.1 Å². The lowest BCUT2D eigenvalue weighted by Gasteiger charge is -2.10. The fourth-order valence-electron chi connectivity index (χ4n) is 3.23. The van der Waals surface area contributed by atoms with Crippen LogP contribution in [0.4, 0.5) is 21.9 Å². The van der Waals surface area contributed by atoms with Crippen molar-refractivity contribution in [2.45, 2.75) is 13.0 Å². The Bertz CT molecular complexity index is 1210. The highest BCUT2D eigenvalue weighted by Crippen LogP contribution is 2.32. The van der Waals surface area contributed by atoms with Crippen molar-refractivity contribution >= 4 is 34.7 Å². The average Bonchev–Trinajstić information content (AvgIpc) is 2.96. The van der Waals surface area contributed by atoms with Crippen LogP contribution < -0.4 is 16.0 Å². The van der Waals surface area contributed by atoms with E-state index >= 15 is 0 Å². The minimum Gasteiger partial charge on any atom is -0.334 e. The fraction of sp³-hybridized carbons (Fsp3) is 0.0833. The molecule has 1 aliphatic rings. The molecule has 3 aromatic rings. The molecule has 0 aliphatic carbocycles. The van der Waals surface area contributed by atoms with Gasteiger partial charge in [0.25, 0.3) is 0 Å². The topological polar surface area (TPSA) is 106 Å². The molecule has 0 saturated carbocycles. The molecule has 0 spiro atoms. The third-order valence-corrected chi connectivity index (χ3v) is 4.73. The summed E-state index contributed by atoms with van der Waals surface area (Å²) in [6.07, 6.45) is 0.0872. The van der Waals surface area contributed by atoms with Crippen LogP contribution in [0.15, 0.2) is 77.8 Å². The van der Waals surface area contributed by atoms with Crippen molar-refractivity contribution < 1.29 is 9.59 Å². The molecule has 3 aromatic carbocycles. The molecule has 1 aliphatic heterocycles. The molecule has 7 heteroatoms. The highest BCUT2D eigenvalue weighted by atomic mass is 16.2. The van der Waals surface area contributed by atoms with Crippen molar-refractivity contribution in [3.05, 3.63) is 89.5 Å². The number of urea groups is 1. The van der Waals surface area contributed by atoms with Gasteiger partial charge in [0.05, 0.1) is 35.1 Å². The highest BCUT2D eigenvalue weighted by molar-refractivity contribution is 6.17. The van der Waals surface area contributed by atoms with Gasteiger partial charge in [-0.3, -0.25) is 9.79 Å². The Balaban J connectivity index is 1.51. The van der Waals surface area contributed by atoms with Gasteiger partial charge >= 0.3 is 6.03 Å². The van der Waals surface area contributed by atoms with E-state index < -0.39 is 0 Å². The van der Waals surface area contributed by atoms with Crippen molar-refractivity contribution in [2.75, 3.05) is 10.6 Å². The summed E-state index contributed by atoms with van der Waals surface area (Å²) in [5.74, 6) is -0.217. The summed E-state index contributed by atoms with van der Waals surface area (Å²) in [5.41, 5.74) is 4.44. The third kappa shape index (κ3) is 4.95. The summed E-state index contributed by atoms with van der Waals surface area (Å²) in [7, 11) is 0. The number of hydrogen-bond donors (Lipinski definition) is 3. The normalized spacial score (nSPS) is 12.5. The molecule has 0 unspecified atom stereocenters. The minimum atomic E-state index is -0.346. The van der Waals surface area contributed by atoms with E-state index in [4.69, 9.17) is 5.26 Å². The molecule has 7 nitrogen and oxygen atoms in total. The molecule has 152 valence electrons. The maximum absolute atomic E-state index is 12.4. The molecule has 0 fully saturated rings. The van der Waals surface area contributed by atoms with Crippen molar-refractivity contribution in [2.24, 2.45) is 4.99 Å². The highest BCUT2D eigenvalue weighted by Gasteiger charge is 2.18. The number of rotatable bonds is 4. The number of nitrogens with one attached hydrogen (secondary N) is 3. The van der Waals surface area contributed by atoms with Gasteiger partial charge in [0.2, 0.25) is 5.91 Å². The van der Waals surface area contributed by atoms with Gasteiger partial charge in [-0.1, -0.05) is 42.5 Å². The van der Waals surface area contributed by atoms with Crippen LogP contribution in [0.5, 0.6) is 0 Å². The Kier molecular flexibility index (Phi) is 5.72. The van der Waals surface area contributed by atoms with Gasteiger partial charge in [0, 0.05) is 12.2 Å². The van der Waals surface area contributed by atoms with Gasteiger partial charge in [-0.15, -0.1) is 0 Å². The zero-order valence-corrected chi connectivity index (χ0v) is 16.6. The van der Waals surface area contributed by atoms with E-state index in [2.05, 4.69) is 27.0 Å². The predicted molar refractivity (Wildman–Crippen MR) is 119 cm³/mol. The number of nitrogens with zero attached hydrogens (tertiary/aromatic N) is 2. The first-order valence-electron chi connectivity index (χ1n) is 9.71. The largest absolute Gasteiger partial charge is 0.334 e. The van der Waals surface area contributed by atoms with Crippen LogP contribution in [0, 0.1) is 11.3 Å². The first-order valence-corrected chi connectivity index (χ1v) is 9.71. The quantitative estimate of drug-likeness (QED) is 0.596. The van der Waals surface area contributed by atoms with Gasteiger partial charge < -0.3 is 16.0 Å². The second-order valence-electron chi connectivity index (χ2n) is 7.00. The maximum atomic E-state index is 12.4. The summed E-state index contributed by atoms with van der Waals surface area (Å²) in [6.45, 7) is 0.407. The number of benzene rings is 3. The van der Waals surface area contributed by atoms with Crippen molar-refractivity contribution in [1.82, 2.24) is 5.32 Å². The lowest BCUT2D eigenvalue weighted by atomic mass is 10.0. The van der Waals surface area contributed by atoms with Crippen LogP contribution in [-0.4, -0.2) is 17.6 Å². The Labute approximate surface area is 179 Å². The monoisotopic (exact) mass is 409 g/mol. The number of hydrogen-bond acceptors (Lipinski definition) is 4. The Morgan fingerprint density at radius 3 is 2.71 bits per heavy atom. The minimum absolute atomic E-state index is 0.0872. The summed E-state index contributed by atoms with van der Waals surface area (Å²) in [4.78, 5) is 29.3. The van der Waals surface area contributed by atoms with Crippen molar-refractivity contribution in [3.8, 4) is 6.07 Å².